The van der Waals surface area contributed by atoms with Crippen LogP contribution in [-0.4, -0.2) is 26.2 Å². The second-order valence-electron chi connectivity index (χ2n) is 6.59. The molecule has 28 heavy (non-hydrogen) atoms. The minimum atomic E-state index is -0.550. The van der Waals surface area contributed by atoms with Gasteiger partial charge in [0.2, 0.25) is 0 Å². The highest BCUT2D eigenvalue weighted by atomic mass is 16.5. The molecule has 0 radical (unpaired) electrons. The van der Waals surface area contributed by atoms with Crippen molar-refractivity contribution in [3.63, 3.8) is 0 Å². The Balaban J connectivity index is 0.000000454. The van der Waals surface area contributed by atoms with Crippen LogP contribution in [0.4, 0.5) is 0 Å². The van der Waals surface area contributed by atoms with E-state index in [1.807, 2.05) is 0 Å². The summed E-state index contributed by atoms with van der Waals surface area (Å²) >= 11 is 0. The van der Waals surface area contributed by atoms with Crippen LogP contribution in [0.5, 0.6) is 0 Å². The Labute approximate surface area is 169 Å². The number of aryl methyl sites for hydroxylation is 1. The van der Waals surface area contributed by atoms with Gasteiger partial charge in [-0.15, -0.1) is 0 Å². The number of hydrogen-bond donors (Lipinski definition) is 0. The van der Waals surface area contributed by atoms with Crippen molar-refractivity contribution in [3.8, 4) is 0 Å². The summed E-state index contributed by atoms with van der Waals surface area (Å²) in [4.78, 5) is 22.4. The predicted molar refractivity (Wildman–Crippen MR) is 115 cm³/mol. The number of methoxy groups -OCH3 is 2. The zero-order chi connectivity index (χ0) is 21.5. The molecule has 0 N–H and O–H groups in total. The van der Waals surface area contributed by atoms with E-state index in [-0.39, 0.29) is 11.1 Å². The molecule has 2 rings (SSSR count). The van der Waals surface area contributed by atoms with E-state index in [9.17, 15) is 9.59 Å². The molecule has 0 heterocycles. The van der Waals surface area contributed by atoms with Crippen molar-refractivity contribution in [3.05, 3.63) is 70.8 Å². The number of esters is 2. The maximum absolute atomic E-state index is 11.2. The molecule has 0 atom stereocenters. The molecule has 2 aromatic rings. The molecule has 0 saturated carbocycles. The van der Waals surface area contributed by atoms with Crippen LogP contribution < -0.4 is 0 Å². The van der Waals surface area contributed by atoms with E-state index in [0.29, 0.717) is 5.92 Å². The molecule has 0 bridgehead atoms. The van der Waals surface area contributed by atoms with E-state index in [2.05, 4.69) is 68.4 Å². The first-order valence-electron chi connectivity index (χ1n) is 9.64. The van der Waals surface area contributed by atoms with E-state index in [4.69, 9.17) is 0 Å². The number of hydrogen-bond acceptors (Lipinski definition) is 4. The lowest BCUT2D eigenvalue weighted by atomic mass is 10.0. The van der Waals surface area contributed by atoms with Crippen LogP contribution in [0.2, 0.25) is 0 Å². The van der Waals surface area contributed by atoms with Crippen molar-refractivity contribution in [2.45, 2.75) is 53.4 Å². The van der Waals surface area contributed by atoms with Gasteiger partial charge in [0, 0.05) is 0 Å². The highest BCUT2D eigenvalue weighted by molar-refractivity contribution is 6.03. The Morgan fingerprint density at radius 3 is 1.46 bits per heavy atom. The molecule has 0 amide bonds. The van der Waals surface area contributed by atoms with Gasteiger partial charge in [0.1, 0.15) is 0 Å². The summed E-state index contributed by atoms with van der Waals surface area (Å²) in [5, 5.41) is 0. The number of unbranched alkanes of at least 4 members (excludes halogenated alkanes) is 1. The van der Waals surface area contributed by atoms with Crippen molar-refractivity contribution in [1.29, 1.82) is 0 Å². The first-order valence-corrected chi connectivity index (χ1v) is 9.64. The van der Waals surface area contributed by atoms with Gasteiger partial charge in [0.05, 0.1) is 25.3 Å². The standard InChI is InChI=1S/C10H10O4.C10H14.C4H10/c1-13-9(11)7-5-3-4-6-8(7)10(12)14-2;1-8(2)10-6-4-9(3)5-7-10;1-3-4-2/h3-6H,1-2H3;4-8H,1-3H3;3-4H2,1-2H3. The molecule has 154 valence electrons. The molecule has 0 unspecified atom stereocenters. The van der Waals surface area contributed by atoms with E-state index in [1.165, 1.54) is 50.3 Å². The average Bonchev–Trinajstić information content (AvgIpc) is 2.73. The minimum Gasteiger partial charge on any atom is -0.465 e. The van der Waals surface area contributed by atoms with E-state index < -0.39 is 11.9 Å². The fourth-order valence-corrected chi connectivity index (χ4v) is 2.01. The Kier molecular flexibility index (Phi) is 13.1. The van der Waals surface area contributed by atoms with Crippen LogP contribution in [-0.2, 0) is 9.47 Å². The summed E-state index contributed by atoms with van der Waals surface area (Å²) in [7, 11) is 2.52. The van der Waals surface area contributed by atoms with Gasteiger partial charge < -0.3 is 9.47 Å². The molecule has 0 aliphatic carbocycles. The van der Waals surface area contributed by atoms with Gasteiger partial charge in [-0.1, -0.05) is 82.5 Å². The SMILES string of the molecule is CCCC.COC(=O)c1ccccc1C(=O)OC.Cc1ccc(C(C)C)cc1. The van der Waals surface area contributed by atoms with Crippen molar-refractivity contribution >= 4 is 11.9 Å². The summed E-state index contributed by atoms with van der Waals surface area (Å²) in [5.41, 5.74) is 3.18. The van der Waals surface area contributed by atoms with Crippen molar-refractivity contribution in [1.82, 2.24) is 0 Å². The predicted octanol–water partition coefficient (Wildman–Crippen LogP) is 6.18. The molecule has 0 saturated heterocycles. The molecular weight excluding hydrogens is 352 g/mol. The van der Waals surface area contributed by atoms with Crippen molar-refractivity contribution in [2.75, 3.05) is 14.2 Å². The van der Waals surface area contributed by atoms with Crippen LogP contribution in [0, 0.1) is 6.92 Å². The molecule has 4 heteroatoms. The lowest BCUT2D eigenvalue weighted by Gasteiger charge is -2.04. The molecule has 4 nitrogen and oxygen atoms in total. The van der Waals surface area contributed by atoms with Crippen LogP contribution in [0.25, 0.3) is 0 Å². The fourth-order valence-electron chi connectivity index (χ4n) is 2.01. The summed E-state index contributed by atoms with van der Waals surface area (Å²) in [6, 6.07) is 15.0. The largest absolute Gasteiger partial charge is 0.465 e. The van der Waals surface area contributed by atoms with Gasteiger partial charge in [0.15, 0.2) is 0 Å². The molecule has 0 aliphatic heterocycles. The fraction of sp³-hybridized carbons (Fsp3) is 0.417. The number of rotatable bonds is 4. The van der Waals surface area contributed by atoms with Gasteiger partial charge >= 0.3 is 11.9 Å². The second kappa shape index (κ2) is 14.4. The Hall–Kier alpha value is -2.62. The molecule has 0 fully saturated rings. The first-order chi connectivity index (χ1) is 13.3. The normalized spacial score (nSPS) is 9.43. The minimum absolute atomic E-state index is 0.210. The zero-order valence-corrected chi connectivity index (χ0v) is 18.2. The Morgan fingerprint density at radius 2 is 1.18 bits per heavy atom. The summed E-state index contributed by atoms with van der Waals surface area (Å²) < 4.78 is 9.05. The Morgan fingerprint density at radius 1 is 0.786 bits per heavy atom. The molecular formula is C24H34O4. The highest BCUT2D eigenvalue weighted by Gasteiger charge is 2.16. The quantitative estimate of drug-likeness (QED) is 0.588. The average molecular weight is 387 g/mol. The molecule has 0 aromatic heterocycles. The first kappa shape index (κ1) is 25.4. The number of ether oxygens (including phenoxy) is 2. The van der Waals surface area contributed by atoms with E-state index in [1.54, 1.807) is 12.1 Å². The maximum atomic E-state index is 11.2. The van der Waals surface area contributed by atoms with Gasteiger partial charge in [-0.2, -0.15) is 0 Å². The van der Waals surface area contributed by atoms with Crippen LogP contribution in [0.15, 0.2) is 48.5 Å². The molecule has 0 spiro atoms. The summed E-state index contributed by atoms with van der Waals surface area (Å²) in [6.45, 7) is 10.9. The zero-order valence-electron chi connectivity index (χ0n) is 18.2. The van der Waals surface area contributed by atoms with Crippen molar-refractivity contribution < 1.29 is 19.1 Å². The third kappa shape index (κ3) is 9.36. The number of benzene rings is 2. The van der Waals surface area contributed by atoms with Gasteiger partial charge in [-0.3, -0.25) is 0 Å². The van der Waals surface area contributed by atoms with E-state index >= 15 is 0 Å². The van der Waals surface area contributed by atoms with Crippen LogP contribution in [0.1, 0.15) is 78.3 Å². The monoisotopic (exact) mass is 386 g/mol. The third-order valence-corrected chi connectivity index (χ3v) is 3.98. The van der Waals surface area contributed by atoms with Gasteiger partial charge in [0.25, 0.3) is 0 Å². The van der Waals surface area contributed by atoms with E-state index in [0.717, 1.165) is 0 Å². The third-order valence-electron chi connectivity index (χ3n) is 3.98. The number of carbonyl (C=O) groups excluding carboxylic acids is 2. The number of carbonyl (C=O) groups is 2. The maximum Gasteiger partial charge on any atom is 0.338 e. The molecule has 0 aliphatic rings. The Bertz CT molecular complexity index is 666. The van der Waals surface area contributed by atoms with Crippen LogP contribution >= 0.6 is 0 Å². The highest BCUT2D eigenvalue weighted by Crippen LogP contribution is 2.13. The lowest BCUT2D eigenvalue weighted by Crippen LogP contribution is -2.11. The molecule has 2 aromatic carbocycles. The van der Waals surface area contributed by atoms with Crippen molar-refractivity contribution in [2.24, 2.45) is 0 Å². The van der Waals surface area contributed by atoms with Gasteiger partial charge in [-0.05, 0) is 30.5 Å². The summed E-state index contributed by atoms with van der Waals surface area (Å²) in [5.74, 6) is -0.447. The van der Waals surface area contributed by atoms with Gasteiger partial charge in [-0.25, -0.2) is 9.59 Å². The smallest absolute Gasteiger partial charge is 0.338 e. The lowest BCUT2D eigenvalue weighted by molar-refractivity contribution is 0.0555. The topological polar surface area (TPSA) is 52.6 Å². The summed E-state index contributed by atoms with van der Waals surface area (Å²) in [6.07, 6.45) is 2.64. The second-order valence-corrected chi connectivity index (χ2v) is 6.59. The van der Waals surface area contributed by atoms with Crippen LogP contribution in [0.3, 0.4) is 0 Å².